The molecule has 1 atom stereocenters. The van der Waals surface area contributed by atoms with E-state index in [0.29, 0.717) is 51.2 Å². The standard InChI is InChI=1S/C24H38N2O5.C2H6/c1-6-12-24(10-5,26-23(29)20(8-3)19-21(27)9-4)13-11-22(28)25-14-16-31-18-17-30-15-7-2;1-2/h2,8-9,19,27H,4,6,10-18H2,1,3,5H3,(H,25,28)(H,26,29);1-2H3/b20-8+,21-19+;. The summed E-state index contributed by atoms with van der Waals surface area (Å²) < 4.78 is 10.5. The minimum atomic E-state index is -0.500. The normalized spacial score (nSPS) is 13.1. The van der Waals surface area contributed by atoms with E-state index in [2.05, 4.69) is 23.1 Å². The third-order valence-corrected chi connectivity index (χ3v) is 4.83. The van der Waals surface area contributed by atoms with Gasteiger partial charge >= 0.3 is 0 Å². The topological polar surface area (TPSA) is 96.9 Å². The second-order valence-electron chi connectivity index (χ2n) is 7.07. The van der Waals surface area contributed by atoms with Crippen molar-refractivity contribution in [1.82, 2.24) is 10.6 Å². The van der Waals surface area contributed by atoms with Gasteiger partial charge in [-0.2, -0.15) is 0 Å². The number of aliphatic hydroxyl groups is 1. The van der Waals surface area contributed by atoms with Crippen molar-refractivity contribution in [3.05, 3.63) is 36.1 Å². The molecule has 7 heteroatoms. The minimum absolute atomic E-state index is 0.0787. The van der Waals surface area contributed by atoms with Crippen LogP contribution in [0.3, 0.4) is 0 Å². The van der Waals surface area contributed by atoms with Crippen LogP contribution in [0.5, 0.6) is 0 Å². The maximum absolute atomic E-state index is 12.8. The van der Waals surface area contributed by atoms with Crippen LogP contribution >= 0.6 is 0 Å². The van der Waals surface area contributed by atoms with Crippen LogP contribution in [0.1, 0.15) is 66.7 Å². The van der Waals surface area contributed by atoms with Gasteiger partial charge in [0.05, 0.1) is 19.8 Å². The molecule has 0 aromatic rings. The van der Waals surface area contributed by atoms with E-state index >= 15 is 0 Å². The smallest absolute Gasteiger partial charge is 0.251 e. The van der Waals surface area contributed by atoms with Crippen LogP contribution in [0.2, 0.25) is 0 Å². The Morgan fingerprint density at radius 3 is 2.36 bits per heavy atom. The molecule has 0 rings (SSSR count). The number of hydrogen-bond donors (Lipinski definition) is 3. The molecule has 0 heterocycles. The van der Waals surface area contributed by atoms with Gasteiger partial charge in [0.1, 0.15) is 12.4 Å². The van der Waals surface area contributed by atoms with Gasteiger partial charge in [-0.1, -0.05) is 52.7 Å². The monoisotopic (exact) mass is 464 g/mol. The largest absolute Gasteiger partial charge is 0.508 e. The van der Waals surface area contributed by atoms with E-state index in [0.717, 1.165) is 12.8 Å². The van der Waals surface area contributed by atoms with Crippen molar-refractivity contribution >= 4 is 11.8 Å². The van der Waals surface area contributed by atoms with E-state index < -0.39 is 5.54 Å². The number of nitrogens with one attached hydrogen (secondary N) is 2. The molecule has 1 unspecified atom stereocenters. The molecule has 0 saturated heterocycles. The summed E-state index contributed by atoms with van der Waals surface area (Å²) in [4.78, 5) is 25.0. The molecule has 3 N–H and O–H groups in total. The number of aliphatic hydroxyl groups excluding tert-OH is 1. The van der Waals surface area contributed by atoms with E-state index in [4.69, 9.17) is 15.9 Å². The predicted molar refractivity (Wildman–Crippen MR) is 135 cm³/mol. The van der Waals surface area contributed by atoms with E-state index in [9.17, 15) is 14.7 Å². The van der Waals surface area contributed by atoms with Crippen molar-refractivity contribution in [3.8, 4) is 12.3 Å². The Labute approximate surface area is 200 Å². The van der Waals surface area contributed by atoms with Gasteiger partial charge in [0, 0.05) is 24.1 Å². The van der Waals surface area contributed by atoms with Gasteiger partial charge in [-0.25, -0.2) is 0 Å². The minimum Gasteiger partial charge on any atom is -0.508 e. The van der Waals surface area contributed by atoms with Crippen molar-refractivity contribution in [2.24, 2.45) is 0 Å². The summed E-state index contributed by atoms with van der Waals surface area (Å²) in [5, 5.41) is 15.6. The van der Waals surface area contributed by atoms with E-state index in [1.165, 1.54) is 12.2 Å². The fourth-order valence-electron chi connectivity index (χ4n) is 3.04. The van der Waals surface area contributed by atoms with Crippen molar-refractivity contribution in [1.29, 1.82) is 0 Å². The molecule has 7 nitrogen and oxygen atoms in total. The van der Waals surface area contributed by atoms with Crippen LogP contribution in [-0.2, 0) is 19.1 Å². The highest BCUT2D eigenvalue weighted by Gasteiger charge is 2.30. The van der Waals surface area contributed by atoms with Crippen molar-refractivity contribution < 1.29 is 24.2 Å². The Balaban J connectivity index is 0. The van der Waals surface area contributed by atoms with Crippen LogP contribution in [0.4, 0.5) is 0 Å². The highest BCUT2D eigenvalue weighted by molar-refractivity contribution is 5.96. The molecule has 0 spiro atoms. The summed E-state index contributed by atoms with van der Waals surface area (Å²) in [6.45, 7) is 15.1. The van der Waals surface area contributed by atoms with Gasteiger partial charge in [-0.3, -0.25) is 9.59 Å². The average molecular weight is 465 g/mol. The molecule has 188 valence electrons. The number of hydrogen-bond acceptors (Lipinski definition) is 5. The van der Waals surface area contributed by atoms with Gasteiger partial charge in [-0.15, -0.1) is 6.42 Å². The number of ether oxygens (including phenoxy) is 2. The number of carbonyl (C=O) groups excluding carboxylic acids is 2. The maximum Gasteiger partial charge on any atom is 0.251 e. The molecule has 0 aliphatic rings. The molecule has 0 fully saturated rings. The predicted octanol–water partition coefficient (Wildman–Crippen LogP) is 4.21. The summed E-state index contributed by atoms with van der Waals surface area (Å²) in [6.07, 6.45) is 12.5. The number of rotatable bonds is 17. The molecule has 0 aliphatic carbocycles. The quantitative estimate of drug-likeness (QED) is 0.0985. The Morgan fingerprint density at radius 1 is 1.15 bits per heavy atom. The average Bonchev–Trinajstić information content (AvgIpc) is 2.83. The molecule has 0 aromatic carbocycles. The summed E-state index contributed by atoms with van der Waals surface area (Å²) in [5.74, 6) is 1.92. The van der Waals surface area contributed by atoms with Crippen LogP contribution in [0.15, 0.2) is 36.1 Å². The first kappa shape index (κ1) is 32.6. The molecule has 0 bridgehead atoms. The molecular formula is C26H44N2O5. The summed E-state index contributed by atoms with van der Waals surface area (Å²) in [7, 11) is 0. The van der Waals surface area contributed by atoms with Crippen LogP contribution in [0, 0.1) is 12.3 Å². The fourth-order valence-corrected chi connectivity index (χ4v) is 3.04. The zero-order valence-electron chi connectivity index (χ0n) is 21.2. The Morgan fingerprint density at radius 2 is 1.82 bits per heavy atom. The maximum atomic E-state index is 12.8. The first-order chi connectivity index (χ1) is 15.9. The van der Waals surface area contributed by atoms with Crippen molar-refractivity contribution in [3.63, 3.8) is 0 Å². The first-order valence-corrected chi connectivity index (χ1v) is 11.8. The first-order valence-electron chi connectivity index (χ1n) is 11.8. The second kappa shape index (κ2) is 21.3. The Kier molecular flexibility index (Phi) is 21.0. The van der Waals surface area contributed by atoms with Crippen LogP contribution in [-0.4, -0.2) is 55.4 Å². The number of carbonyl (C=O) groups is 2. The van der Waals surface area contributed by atoms with Gasteiger partial charge in [0.15, 0.2) is 0 Å². The summed E-state index contributed by atoms with van der Waals surface area (Å²) in [6, 6.07) is 0. The second-order valence-corrected chi connectivity index (χ2v) is 7.07. The van der Waals surface area contributed by atoms with E-state index in [-0.39, 0.29) is 24.2 Å². The zero-order chi connectivity index (χ0) is 25.5. The lowest BCUT2D eigenvalue weighted by molar-refractivity contribution is -0.123. The van der Waals surface area contributed by atoms with Crippen molar-refractivity contribution in [2.45, 2.75) is 72.3 Å². The van der Waals surface area contributed by atoms with E-state index in [1.807, 2.05) is 27.7 Å². The van der Waals surface area contributed by atoms with Crippen molar-refractivity contribution in [2.75, 3.05) is 33.0 Å². The SMILES string of the molecule is C#CCOCCOCCNC(=O)CCC(CC)(CCC)NC(=O)C(/C=C(/O)C=C)=C/C.CC. The molecule has 0 aliphatic heterocycles. The molecule has 33 heavy (non-hydrogen) atoms. The number of terminal acetylenes is 1. The van der Waals surface area contributed by atoms with E-state index in [1.54, 1.807) is 13.0 Å². The Bertz CT molecular complexity index is 664. The van der Waals surface area contributed by atoms with Gasteiger partial charge in [-0.05, 0) is 38.3 Å². The molecular weight excluding hydrogens is 420 g/mol. The number of allylic oxidation sites excluding steroid dienone is 2. The van der Waals surface area contributed by atoms with Crippen LogP contribution in [0.25, 0.3) is 0 Å². The summed E-state index contributed by atoms with van der Waals surface area (Å²) in [5.41, 5.74) is -0.154. The molecule has 0 radical (unpaired) electrons. The van der Waals surface area contributed by atoms with Gasteiger partial charge in [0.2, 0.25) is 5.91 Å². The lowest BCUT2D eigenvalue weighted by atomic mass is 9.85. The van der Waals surface area contributed by atoms with Gasteiger partial charge in [0.25, 0.3) is 5.91 Å². The fraction of sp³-hybridized carbons (Fsp3) is 0.615. The number of amides is 2. The molecule has 0 aromatic heterocycles. The molecule has 0 saturated carbocycles. The molecule has 2 amide bonds. The van der Waals surface area contributed by atoms with Crippen LogP contribution < -0.4 is 10.6 Å². The lowest BCUT2D eigenvalue weighted by Crippen LogP contribution is -2.49. The Hall–Kier alpha value is -2.56. The zero-order valence-corrected chi connectivity index (χ0v) is 21.2. The third kappa shape index (κ3) is 15.8. The highest BCUT2D eigenvalue weighted by atomic mass is 16.5. The highest BCUT2D eigenvalue weighted by Crippen LogP contribution is 2.24. The third-order valence-electron chi connectivity index (χ3n) is 4.83. The lowest BCUT2D eigenvalue weighted by Gasteiger charge is -2.34. The summed E-state index contributed by atoms with van der Waals surface area (Å²) >= 11 is 0. The van der Waals surface area contributed by atoms with Gasteiger partial charge < -0.3 is 25.2 Å².